The maximum Gasteiger partial charge on any atom is 0.422 e. The number of aryl methyl sites for hydroxylation is 2. The second-order valence-electron chi connectivity index (χ2n) is 3.99. The van der Waals surface area contributed by atoms with Gasteiger partial charge in [0.1, 0.15) is 0 Å². The zero-order chi connectivity index (χ0) is 14.6. The van der Waals surface area contributed by atoms with Crippen LogP contribution in [-0.2, 0) is 9.53 Å². The van der Waals surface area contributed by atoms with Gasteiger partial charge in [0.15, 0.2) is 24.7 Å². The predicted octanol–water partition coefficient (Wildman–Crippen LogP) is 2.49. The number of alkyl halides is 3. The van der Waals surface area contributed by atoms with Crippen molar-refractivity contribution in [3.63, 3.8) is 0 Å². The molecule has 0 bridgehead atoms. The molecule has 0 fully saturated rings. The van der Waals surface area contributed by atoms with Crippen molar-refractivity contribution in [1.29, 1.82) is 0 Å². The Morgan fingerprint density at radius 1 is 1.32 bits per heavy atom. The molecule has 0 radical (unpaired) electrons. The number of aromatic hydroxyl groups is 1. The van der Waals surface area contributed by atoms with E-state index in [0.717, 1.165) is 5.56 Å². The third kappa shape index (κ3) is 5.07. The molecule has 0 saturated carbocycles. The zero-order valence-electron chi connectivity index (χ0n) is 10.4. The Labute approximate surface area is 107 Å². The molecule has 0 saturated heterocycles. The van der Waals surface area contributed by atoms with E-state index in [0.29, 0.717) is 5.56 Å². The van der Waals surface area contributed by atoms with Crippen molar-refractivity contribution in [2.45, 2.75) is 20.0 Å². The van der Waals surface area contributed by atoms with E-state index in [2.05, 4.69) is 4.74 Å². The predicted molar refractivity (Wildman–Crippen MR) is 60.1 cm³/mol. The van der Waals surface area contributed by atoms with Crippen LogP contribution in [0.1, 0.15) is 11.1 Å². The summed E-state index contributed by atoms with van der Waals surface area (Å²) >= 11 is 0. The third-order valence-electron chi connectivity index (χ3n) is 2.15. The Bertz CT molecular complexity index is 469. The SMILES string of the molecule is Cc1cc(C)c(O)c(OCC(=O)OCC(F)(F)F)c1. The average Bonchev–Trinajstić information content (AvgIpc) is 2.28. The first-order valence-corrected chi connectivity index (χ1v) is 5.34. The molecule has 1 aromatic rings. The van der Waals surface area contributed by atoms with Crippen LogP contribution in [0.4, 0.5) is 13.2 Å². The van der Waals surface area contributed by atoms with E-state index in [-0.39, 0.29) is 11.5 Å². The monoisotopic (exact) mass is 278 g/mol. The van der Waals surface area contributed by atoms with Crippen molar-refractivity contribution < 1.29 is 32.5 Å². The van der Waals surface area contributed by atoms with Gasteiger partial charge in [0.05, 0.1) is 0 Å². The maximum absolute atomic E-state index is 11.8. The molecule has 1 rings (SSSR count). The average molecular weight is 278 g/mol. The number of halogens is 3. The summed E-state index contributed by atoms with van der Waals surface area (Å²) in [5.74, 6) is -1.29. The minimum atomic E-state index is -4.57. The Kier molecular flexibility index (Phi) is 4.63. The van der Waals surface area contributed by atoms with Crippen LogP contribution in [0.3, 0.4) is 0 Å². The van der Waals surface area contributed by atoms with E-state index in [4.69, 9.17) is 4.74 Å². The lowest BCUT2D eigenvalue weighted by Gasteiger charge is -2.11. The van der Waals surface area contributed by atoms with Gasteiger partial charge in [-0.1, -0.05) is 6.07 Å². The van der Waals surface area contributed by atoms with Crippen LogP contribution in [0.5, 0.6) is 11.5 Å². The molecule has 0 spiro atoms. The van der Waals surface area contributed by atoms with Crippen molar-refractivity contribution in [3.8, 4) is 11.5 Å². The first-order valence-electron chi connectivity index (χ1n) is 5.34. The molecule has 0 unspecified atom stereocenters. The summed E-state index contributed by atoms with van der Waals surface area (Å²) < 4.78 is 44.3. The van der Waals surface area contributed by atoms with Gasteiger partial charge in [-0.3, -0.25) is 0 Å². The van der Waals surface area contributed by atoms with E-state index in [9.17, 15) is 23.1 Å². The topological polar surface area (TPSA) is 55.8 Å². The zero-order valence-corrected chi connectivity index (χ0v) is 10.4. The van der Waals surface area contributed by atoms with Crippen LogP contribution >= 0.6 is 0 Å². The minimum Gasteiger partial charge on any atom is -0.504 e. The van der Waals surface area contributed by atoms with Gasteiger partial charge in [0.25, 0.3) is 0 Å². The van der Waals surface area contributed by atoms with Crippen molar-refractivity contribution in [1.82, 2.24) is 0 Å². The van der Waals surface area contributed by atoms with Crippen LogP contribution in [0.15, 0.2) is 12.1 Å². The Morgan fingerprint density at radius 3 is 2.53 bits per heavy atom. The fraction of sp³-hybridized carbons (Fsp3) is 0.417. The highest BCUT2D eigenvalue weighted by atomic mass is 19.4. The van der Waals surface area contributed by atoms with Crippen molar-refractivity contribution in [2.75, 3.05) is 13.2 Å². The second kappa shape index (κ2) is 5.81. The summed E-state index contributed by atoms with van der Waals surface area (Å²) in [7, 11) is 0. The molecule has 106 valence electrons. The lowest BCUT2D eigenvalue weighted by atomic mass is 10.1. The summed E-state index contributed by atoms with van der Waals surface area (Å²) in [5, 5.41) is 9.64. The van der Waals surface area contributed by atoms with Gasteiger partial charge in [0.2, 0.25) is 0 Å². The molecule has 7 heteroatoms. The molecule has 1 N–H and O–H groups in total. The first kappa shape index (κ1) is 15.1. The number of phenols is 1. The first-order chi connectivity index (χ1) is 8.69. The van der Waals surface area contributed by atoms with Gasteiger partial charge >= 0.3 is 12.1 Å². The molecule has 0 aliphatic rings. The third-order valence-corrected chi connectivity index (χ3v) is 2.15. The number of carbonyl (C=O) groups excluding carboxylic acids is 1. The number of hydrogen-bond donors (Lipinski definition) is 1. The van der Waals surface area contributed by atoms with Gasteiger partial charge in [0, 0.05) is 0 Å². The number of benzene rings is 1. The summed E-state index contributed by atoms with van der Waals surface area (Å²) in [6.45, 7) is 1.03. The number of carbonyl (C=O) groups is 1. The Balaban J connectivity index is 2.55. The summed E-state index contributed by atoms with van der Waals surface area (Å²) in [6, 6.07) is 3.17. The van der Waals surface area contributed by atoms with Gasteiger partial charge in [-0.15, -0.1) is 0 Å². The number of rotatable bonds is 4. The highest BCUT2D eigenvalue weighted by Crippen LogP contribution is 2.30. The summed E-state index contributed by atoms with van der Waals surface area (Å²) in [5.41, 5.74) is 1.33. The van der Waals surface area contributed by atoms with Gasteiger partial charge in [-0.2, -0.15) is 13.2 Å². The summed E-state index contributed by atoms with van der Waals surface area (Å²) in [6.07, 6.45) is -4.57. The lowest BCUT2D eigenvalue weighted by Crippen LogP contribution is -2.23. The van der Waals surface area contributed by atoms with Crippen LogP contribution in [0.2, 0.25) is 0 Å². The molecule has 0 aromatic heterocycles. The van der Waals surface area contributed by atoms with Crippen molar-refractivity contribution >= 4 is 5.97 Å². The van der Waals surface area contributed by atoms with Crippen LogP contribution in [0.25, 0.3) is 0 Å². The summed E-state index contributed by atoms with van der Waals surface area (Å²) in [4.78, 5) is 11.0. The molecular formula is C12H13F3O4. The van der Waals surface area contributed by atoms with Crippen molar-refractivity contribution in [3.05, 3.63) is 23.3 Å². The molecule has 0 aliphatic heterocycles. The Hall–Kier alpha value is -1.92. The van der Waals surface area contributed by atoms with Gasteiger partial charge in [-0.25, -0.2) is 4.79 Å². The molecular weight excluding hydrogens is 265 g/mol. The molecule has 0 heterocycles. The standard InChI is InChI=1S/C12H13F3O4/c1-7-3-8(2)11(17)9(4-7)18-5-10(16)19-6-12(13,14)15/h3-4,17H,5-6H2,1-2H3. The fourth-order valence-corrected chi connectivity index (χ4v) is 1.37. The number of esters is 1. The molecule has 1 aromatic carbocycles. The lowest BCUT2D eigenvalue weighted by molar-refractivity contribution is -0.187. The molecule has 0 aliphatic carbocycles. The van der Waals surface area contributed by atoms with E-state index in [1.54, 1.807) is 19.9 Å². The largest absolute Gasteiger partial charge is 0.504 e. The smallest absolute Gasteiger partial charge is 0.422 e. The number of phenolic OH excluding ortho intramolecular Hbond substituents is 1. The van der Waals surface area contributed by atoms with E-state index >= 15 is 0 Å². The van der Waals surface area contributed by atoms with E-state index in [1.165, 1.54) is 6.07 Å². The molecule has 0 atom stereocenters. The van der Waals surface area contributed by atoms with E-state index in [1.807, 2.05) is 0 Å². The quantitative estimate of drug-likeness (QED) is 0.860. The molecule has 4 nitrogen and oxygen atoms in total. The molecule has 19 heavy (non-hydrogen) atoms. The number of hydrogen-bond acceptors (Lipinski definition) is 4. The normalized spacial score (nSPS) is 11.2. The molecule has 0 amide bonds. The van der Waals surface area contributed by atoms with E-state index < -0.39 is 25.4 Å². The van der Waals surface area contributed by atoms with Crippen LogP contribution < -0.4 is 4.74 Å². The fourth-order valence-electron chi connectivity index (χ4n) is 1.37. The maximum atomic E-state index is 11.8. The van der Waals surface area contributed by atoms with Gasteiger partial charge in [-0.05, 0) is 31.0 Å². The minimum absolute atomic E-state index is 0.0291. The van der Waals surface area contributed by atoms with Crippen LogP contribution in [-0.4, -0.2) is 30.5 Å². The Morgan fingerprint density at radius 2 is 1.95 bits per heavy atom. The number of ether oxygens (including phenoxy) is 2. The highest BCUT2D eigenvalue weighted by molar-refractivity contribution is 5.71. The van der Waals surface area contributed by atoms with Gasteiger partial charge < -0.3 is 14.6 Å². The van der Waals surface area contributed by atoms with Crippen molar-refractivity contribution in [2.24, 2.45) is 0 Å². The highest BCUT2D eigenvalue weighted by Gasteiger charge is 2.29. The second-order valence-corrected chi connectivity index (χ2v) is 3.99. The van der Waals surface area contributed by atoms with Crippen LogP contribution in [0, 0.1) is 13.8 Å².